The molecule has 0 aliphatic heterocycles. The van der Waals surface area contributed by atoms with E-state index in [0.717, 1.165) is 23.1 Å². The van der Waals surface area contributed by atoms with Crippen molar-refractivity contribution in [1.29, 1.82) is 0 Å². The van der Waals surface area contributed by atoms with Gasteiger partial charge in [0.05, 0.1) is 19.0 Å². The van der Waals surface area contributed by atoms with Gasteiger partial charge >= 0.3 is 5.97 Å². The summed E-state index contributed by atoms with van der Waals surface area (Å²) < 4.78 is 0. The SMILES string of the molecule is O=C(O)CC(NC(=O)CNC(=O)CCCCNC(=S)NCc1ccccc1)c1ccc(-c2ccccc2)cc1. The van der Waals surface area contributed by atoms with E-state index >= 15 is 0 Å². The van der Waals surface area contributed by atoms with E-state index in [4.69, 9.17) is 12.2 Å². The molecule has 1 unspecified atom stereocenters. The topological polar surface area (TPSA) is 120 Å². The van der Waals surface area contributed by atoms with Crippen LogP contribution in [0.1, 0.15) is 42.9 Å². The van der Waals surface area contributed by atoms with Crippen LogP contribution in [0.5, 0.6) is 0 Å². The number of unbranched alkanes of at least 4 members (excludes halogenated alkanes) is 1. The number of hydrogen-bond donors (Lipinski definition) is 5. The van der Waals surface area contributed by atoms with Crippen molar-refractivity contribution in [2.45, 2.75) is 38.3 Å². The highest BCUT2D eigenvalue weighted by atomic mass is 32.1. The second kappa shape index (κ2) is 15.9. The maximum Gasteiger partial charge on any atom is 0.305 e. The molecule has 0 heterocycles. The van der Waals surface area contributed by atoms with Gasteiger partial charge in [-0.3, -0.25) is 14.4 Å². The smallest absolute Gasteiger partial charge is 0.305 e. The molecule has 0 aliphatic carbocycles. The molecule has 9 heteroatoms. The van der Waals surface area contributed by atoms with E-state index in [1.807, 2.05) is 84.9 Å². The third kappa shape index (κ3) is 11.0. The number of hydrogen-bond acceptors (Lipinski definition) is 4. The molecule has 0 radical (unpaired) electrons. The van der Waals surface area contributed by atoms with Crippen molar-refractivity contribution in [3.05, 3.63) is 96.1 Å². The monoisotopic (exact) mass is 546 g/mol. The Labute approximate surface area is 234 Å². The highest BCUT2D eigenvalue weighted by Gasteiger charge is 2.18. The first kappa shape index (κ1) is 29.3. The van der Waals surface area contributed by atoms with Gasteiger partial charge in [0.2, 0.25) is 11.8 Å². The Morgan fingerprint density at radius 1 is 0.744 bits per heavy atom. The van der Waals surface area contributed by atoms with Crippen molar-refractivity contribution in [1.82, 2.24) is 21.3 Å². The molecule has 2 amide bonds. The molecule has 0 saturated heterocycles. The zero-order chi connectivity index (χ0) is 27.9. The molecule has 0 saturated carbocycles. The van der Waals surface area contributed by atoms with Gasteiger partial charge in [-0.05, 0) is 47.3 Å². The van der Waals surface area contributed by atoms with Crippen molar-refractivity contribution in [3.8, 4) is 11.1 Å². The summed E-state index contributed by atoms with van der Waals surface area (Å²) in [6, 6.07) is 26.5. The summed E-state index contributed by atoms with van der Waals surface area (Å²) in [6.07, 6.45) is 1.39. The third-order valence-corrected chi connectivity index (χ3v) is 6.28. The molecule has 3 aromatic carbocycles. The number of nitrogens with one attached hydrogen (secondary N) is 4. The number of rotatable bonds is 14. The molecule has 204 valence electrons. The van der Waals surface area contributed by atoms with Crippen LogP contribution in [0.3, 0.4) is 0 Å². The van der Waals surface area contributed by atoms with Crippen LogP contribution in [0.25, 0.3) is 11.1 Å². The lowest BCUT2D eigenvalue weighted by Gasteiger charge is -2.18. The fourth-order valence-electron chi connectivity index (χ4n) is 3.93. The molecule has 1 atom stereocenters. The van der Waals surface area contributed by atoms with E-state index in [2.05, 4.69) is 21.3 Å². The maximum atomic E-state index is 12.5. The first-order valence-electron chi connectivity index (χ1n) is 12.9. The number of carbonyl (C=O) groups excluding carboxylic acids is 2. The van der Waals surface area contributed by atoms with E-state index in [0.29, 0.717) is 30.2 Å². The van der Waals surface area contributed by atoms with Gasteiger partial charge in [-0.15, -0.1) is 0 Å². The minimum atomic E-state index is -1.03. The minimum Gasteiger partial charge on any atom is -0.481 e. The third-order valence-electron chi connectivity index (χ3n) is 5.99. The van der Waals surface area contributed by atoms with E-state index < -0.39 is 17.9 Å². The largest absolute Gasteiger partial charge is 0.481 e. The van der Waals surface area contributed by atoms with E-state index in [1.165, 1.54) is 0 Å². The molecule has 5 N–H and O–H groups in total. The lowest BCUT2D eigenvalue weighted by atomic mass is 9.99. The second-order valence-corrected chi connectivity index (χ2v) is 9.44. The molecular formula is C30H34N4O4S. The van der Waals surface area contributed by atoms with Crippen molar-refractivity contribution >= 4 is 35.1 Å². The zero-order valence-electron chi connectivity index (χ0n) is 21.7. The van der Waals surface area contributed by atoms with Crippen LogP contribution < -0.4 is 21.3 Å². The van der Waals surface area contributed by atoms with Crippen molar-refractivity contribution in [2.24, 2.45) is 0 Å². The molecular weight excluding hydrogens is 512 g/mol. The fourth-order valence-corrected chi connectivity index (χ4v) is 4.11. The van der Waals surface area contributed by atoms with Crippen LogP contribution in [0.2, 0.25) is 0 Å². The molecule has 8 nitrogen and oxygen atoms in total. The van der Waals surface area contributed by atoms with Crippen LogP contribution >= 0.6 is 12.2 Å². The summed E-state index contributed by atoms with van der Waals surface area (Å²) in [6.45, 7) is 1.06. The van der Waals surface area contributed by atoms with Crippen molar-refractivity contribution in [2.75, 3.05) is 13.1 Å². The summed E-state index contributed by atoms with van der Waals surface area (Å²) in [5, 5.41) is 21.5. The second-order valence-electron chi connectivity index (χ2n) is 9.03. The summed E-state index contributed by atoms with van der Waals surface area (Å²) in [7, 11) is 0. The first-order valence-corrected chi connectivity index (χ1v) is 13.3. The standard InChI is InChI=1S/C30H34N4O4S/c35-27(13-7-8-18-31-30(39)33-20-22-9-3-1-4-10-22)32-21-28(36)34-26(19-29(37)38)25-16-14-24(15-17-25)23-11-5-2-6-12-23/h1-6,9-12,14-17,26H,7-8,13,18-21H2,(H,32,35)(H,34,36)(H,37,38)(H2,31,33,39). The number of thiocarbonyl (C=S) groups is 1. The van der Waals surface area contributed by atoms with Gasteiger partial charge in [-0.1, -0.05) is 84.9 Å². The highest BCUT2D eigenvalue weighted by molar-refractivity contribution is 7.80. The molecule has 0 aliphatic rings. The van der Waals surface area contributed by atoms with Crippen LogP contribution in [0, 0.1) is 0 Å². The van der Waals surface area contributed by atoms with E-state index in [9.17, 15) is 19.5 Å². The van der Waals surface area contributed by atoms with E-state index in [-0.39, 0.29) is 25.3 Å². The fraction of sp³-hybridized carbons (Fsp3) is 0.267. The molecule has 3 aromatic rings. The summed E-state index contributed by atoms with van der Waals surface area (Å²) in [5.41, 5.74) is 3.86. The first-order chi connectivity index (χ1) is 18.9. The Balaban J connectivity index is 1.34. The van der Waals surface area contributed by atoms with Gasteiger partial charge in [0.15, 0.2) is 5.11 Å². The maximum absolute atomic E-state index is 12.5. The summed E-state index contributed by atoms with van der Waals surface area (Å²) >= 11 is 5.27. The lowest BCUT2D eigenvalue weighted by molar-refractivity contribution is -0.138. The van der Waals surface area contributed by atoms with Crippen LogP contribution in [-0.2, 0) is 20.9 Å². The van der Waals surface area contributed by atoms with Gasteiger partial charge in [0.1, 0.15) is 0 Å². The van der Waals surface area contributed by atoms with E-state index in [1.54, 1.807) is 0 Å². The normalized spacial score (nSPS) is 11.2. The quantitative estimate of drug-likeness (QED) is 0.154. The Morgan fingerprint density at radius 2 is 1.38 bits per heavy atom. The average molecular weight is 547 g/mol. The van der Waals surface area contributed by atoms with Gasteiger partial charge < -0.3 is 26.4 Å². The summed E-state index contributed by atoms with van der Waals surface area (Å²) in [4.78, 5) is 36.0. The molecule has 0 bridgehead atoms. The van der Waals surface area contributed by atoms with Gasteiger partial charge in [0.25, 0.3) is 0 Å². The van der Waals surface area contributed by atoms with Crippen molar-refractivity contribution < 1.29 is 19.5 Å². The Kier molecular flexibility index (Phi) is 11.9. The number of carboxylic acids is 1. The summed E-state index contributed by atoms with van der Waals surface area (Å²) in [5.74, 6) is -1.71. The van der Waals surface area contributed by atoms with Crippen LogP contribution in [0.15, 0.2) is 84.9 Å². The molecule has 0 spiro atoms. The zero-order valence-corrected chi connectivity index (χ0v) is 22.5. The lowest BCUT2D eigenvalue weighted by Crippen LogP contribution is -2.39. The van der Waals surface area contributed by atoms with Gasteiger partial charge in [-0.25, -0.2) is 0 Å². The van der Waals surface area contributed by atoms with Gasteiger partial charge in [0, 0.05) is 19.5 Å². The molecule has 39 heavy (non-hydrogen) atoms. The molecule has 3 rings (SSSR count). The highest BCUT2D eigenvalue weighted by Crippen LogP contribution is 2.23. The number of carboxylic acid groups (broad SMARTS) is 1. The number of aliphatic carboxylic acids is 1. The number of carbonyl (C=O) groups is 3. The Hall–Kier alpha value is -4.24. The molecule has 0 aromatic heterocycles. The van der Waals surface area contributed by atoms with Crippen LogP contribution in [-0.4, -0.2) is 41.1 Å². The Bertz CT molecular complexity index is 1220. The van der Waals surface area contributed by atoms with Gasteiger partial charge in [-0.2, -0.15) is 0 Å². The van der Waals surface area contributed by atoms with Crippen molar-refractivity contribution in [3.63, 3.8) is 0 Å². The molecule has 0 fully saturated rings. The average Bonchev–Trinajstić information content (AvgIpc) is 2.95. The minimum absolute atomic E-state index is 0.219. The number of benzene rings is 3. The van der Waals surface area contributed by atoms with Crippen LogP contribution in [0.4, 0.5) is 0 Å². The predicted molar refractivity (Wildman–Crippen MR) is 156 cm³/mol. The Morgan fingerprint density at radius 3 is 2.05 bits per heavy atom. The predicted octanol–water partition coefficient (Wildman–Crippen LogP) is 3.94. The number of amides is 2.